The molecule has 11 heteroatoms. The lowest BCUT2D eigenvalue weighted by atomic mass is 9.56. The molecule has 1 saturated carbocycles. The number of phenols is 1. The highest BCUT2D eigenvalue weighted by Crippen LogP contribution is 2.66. The molecule has 4 amide bonds. The summed E-state index contributed by atoms with van der Waals surface area (Å²) in [5, 5.41) is 14.4. The number of amides is 4. The number of hydrogen-bond donors (Lipinski definition) is 2. The van der Waals surface area contributed by atoms with Crippen molar-refractivity contribution in [1.82, 2.24) is 4.90 Å². The zero-order valence-electron chi connectivity index (χ0n) is 24.4. The van der Waals surface area contributed by atoms with Gasteiger partial charge >= 0.3 is 0 Å². The number of rotatable bonds is 5. The van der Waals surface area contributed by atoms with Crippen LogP contribution < -0.4 is 15.0 Å². The minimum Gasteiger partial charge on any atom is -0.508 e. The Labute approximate surface area is 269 Å². The summed E-state index contributed by atoms with van der Waals surface area (Å²) in [6.45, 7) is 0. The third-order valence-electron chi connectivity index (χ3n) is 9.75. The van der Waals surface area contributed by atoms with Gasteiger partial charge < -0.3 is 15.2 Å². The molecule has 2 aliphatic carbocycles. The molecule has 6 atom stereocenters. The first-order chi connectivity index (χ1) is 21.5. The number of allylic oxidation sites excluding steroid dienone is 2. The van der Waals surface area contributed by atoms with Gasteiger partial charge in [0.05, 0.1) is 24.6 Å². The Hall–Kier alpha value is -4.34. The number of imide groups is 2. The second-order valence-corrected chi connectivity index (χ2v) is 13.2. The third kappa shape index (κ3) is 4.06. The van der Waals surface area contributed by atoms with Gasteiger partial charge in [-0.2, -0.15) is 0 Å². The topological polar surface area (TPSA) is 116 Å². The second-order valence-electron chi connectivity index (χ2n) is 12.0. The number of fused-ring (bicyclic) bond motifs is 4. The summed E-state index contributed by atoms with van der Waals surface area (Å²) in [4.78, 5) is 53.6. The number of nitrogens with one attached hydrogen (secondary N) is 1. The van der Waals surface area contributed by atoms with Crippen molar-refractivity contribution in [3.63, 3.8) is 0 Å². The molecule has 0 radical (unpaired) electrons. The molecule has 230 valence electrons. The number of phenolic OH excluding ortho intramolecular Hbond substituents is 1. The maximum atomic E-state index is 14.2. The average molecular weight is 647 g/mol. The Morgan fingerprint density at radius 3 is 2.27 bits per heavy atom. The molecule has 2 heterocycles. The van der Waals surface area contributed by atoms with E-state index in [1.54, 1.807) is 36.4 Å². The van der Waals surface area contributed by atoms with E-state index < -0.39 is 51.1 Å². The first-order valence-corrected chi connectivity index (χ1v) is 15.3. The van der Waals surface area contributed by atoms with Crippen LogP contribution in [0.5, 0.6) is 11.5 Å². The summed E-state index contributed by atoms with van der Waals surface area (Å²) in [7, 11) is 2.79. The monoisotopic (exact) mass is 645 g/mol. The van der Waals surface area contributed by atoms with Crippen LogP contribution in [-0.2, 0) is 19.2 Å². The number of methoxy groups -OCH3 is 1. The predicted molar refractivity (Wildman–Crippen MR) is 169 cm³/mol. The van der Waals surface area contributed by atoms with E-state index in [1.165, 1.54) is 25.1 Å². The molecule has 0 bridgehead atoms. The van der Waals surface area contributed by atoms with E-state index in [0.29, 0.717) is 17.0 Å². The number of likely N-dealkylation sites (tertiary alicyclic amines) is 1. The number of ether oxygens (including phenoxy) is 1. The van der Waals surface area contributed by atoms with Crippen molar-refractivity contribution in [2.75, 3.05) is 24.4 Å². The zero-order valence-corrected chi connectivity index (χ0v) is 25.9. The molecule has 3 aromatic carbocycles. The maximum absolute atomic E-state index is 14.2. The fourth-order valence-corrected chi connectivity index (χ4v) is 8.63. The summed E-state index contributed by atoms with van der Waals surface area (Å²) in [6, 6.07) is 21.2. The Morgan fingerprint density at radius 1 is 0.889 bits per heavy atom. The van der Waals surface area contributed by atoms with Gasteiger partial charge in [-0.15, -0.1) is 23.2 Å². The van der Waals surface area contributed by atoms with Crippen LogP contribution >= 0.6 is 23.2 Å². The summed E-state index contributed by atoms with van der Waals surface area (Å²) >= 11 is 14.4. The number of carbonyl (C=O) groups excluding carboxylic acids is 4. The quantitative estimate of drug-likeness (QED) is 0.219. The predicted octanol–water partition coefficient (Wildman–Crippen LogP) is 5.34. The van der Waals surface area contributed by atoms with Gasteiger partial charge in [-0.25, -0.2) is 0 Å². The Morgan fingerprint density at radius 2 is 1.58 bits per heavy atom. The van der Waals surface area contributed by atoms with Crippen LogP contribution in [0.1, 0.15) is 24.3 Å². The summed E-state index contributed by atoms with van der Waals surface area (Å²) < 4.78 is 5.40. The molecule has 0 aromatic heterocycles. The number of aromatic hydroxyl groups is 1. The Balaban J connectivity index is 1.29. The Kier molecular flexibility index (Phi) is 6.76. The molecular formula is C34H29Cl2N3O6. The molecule has 9 nitrogen and oxygen atoms in total. The van der Waals surface area contributed by atoms with Gasteiger partial charge in [0.25, 0.3) is 11.8 Å². The highest BCUT2D eigenvalue weighted by molar-refractivity contribution is 6.53. The third-order valence-corrected chi connectivity index (χ3v) is 11.2. The van der Waals surface area contributed by atoms with Gasteiger partial charge in [0, 0.05) is 29.9 Å². The lowest BCUT2D eigenvalue weighted by Gasteiger charge is -2.50. The van der Waals surface area contributed by atoms with Crippen LogP contribution in [0, 0.1) is 17.8 Å². The number of carbonyl (C=O) groups is 4. The maximum Gasteiger partial charge on any atom is 0.253 e. The van der Waals surface area contributed by atoms with E-state index in [2.05, 4.69) is 5.32 Å². The van der Waals surface area contributed by atoms with Crippen molar-refractivity contribution < 1.29 is 29.0 Å². The minimum atomic E-state index is -1.99. The lowest BCUT2D eigenvalue weighted by molar-refractivity contribution is -0.138. The summed E-state index contributed by atoms with van der Waals surface area (Å²) in [5.74, 6) is -5.23. The molecule has 4 aliphatic rings. The van der Waals surface area contributed by atoms with Crippen LogP contribution in [0.4, 0.5) is 17.1 Å². The van der Waals surface area contributed by atoms with Crippen molar-refractivity contribution in [3.8, 4) is 11.5 Å². The fourth-order valence-electron chi connectivity index (χ4n) is 7.62. The van der Waals surface area contributed by atoms with E-state index in [0.717, 1.165) is 16.3 Å². The number of anilines is 3. The molecule has 6 unspecified atom stereocenters. The number of halogens is 2. The molecule has 0 spiro atoms. The normalized spacial score (nSPS) is 30.5. The first-order valence-electron chi connectivity index (χ1n) is 14.6. The highest BCUT2D eigenvalue weighted by Gasteiger charge is 2.76. The molecule has 45 heavy (non-hydrogen) atoms. The first kappa shape index (κ1) is 29.4. The molecule has 2 saturated heterocycles. The highest BCUT2D eigenvalue weighted by atomic mass is 35.5. The van der Waals surface area contributed by atoms with Crippen molar-refractivity contribution in [1.29, 1.82) is 0 Å². The van der Waals surface area contributed by atoms with Crippen LogP contribution in [-0.4, -0.2) is 57.5 Å². The number of hydrogen-bond acceptors (Lipinski definition) is 7. The number of para-hydroxylation sites is 1. The summed E-state index contributed by atoms with van der Waals surface area (Å²) in [6.07, 6.45) is 1.91. The lowest BCUT2D eigenvalue weighted by Crippen LogP contribution is -2.60. The number of nitrogens with zero attached hydrogens (tertiary/aromatic N) is 2. The summed E-state index contributed by atoms with van der Waals surface area (Å²) in [5.41, 5.74) is 2.95. The van der Waals surface area contributed by atoms with Gasteiger partial charge in [-0.05, 0) is 73.4 Å². The smallest absolute Gasteiger partial charge is 0.253 e. The SMILES string of the molecule is COc1ccc(O)c(C2C3=CCC4C(=O)N(c5ccc(Nc6ccccc6)cc5)C(=O)C4C3CC3(Cl)C(=O)N(C)C(=O)C23Cl)c1. The van der Waals surface area contributed by atoms with E-state index in [-0.39, 0.29) is 30.1 Å². The van der Waals surface area contributed by atoms with Gasteiger partial charge in [-0.3, -0.25) is 29.0 Å². The van der Waals surface area contributed by atoms with Crippen LogP contribution in [0.3, 0.4) is 0 Å². The zero-order chi connectivity index (χ0) is 31.8. The van der Waals surface area contributed by atoms with Crippen molar-refractivity contribution in [3.05, 3.63) is 90.0 Å². The van der Waals surface area contributed by atoms with E-state index >= 15 is 0 Å². The second kappa shape index (κ2) is 10.4. The molecule has 3 aromatic rings. The van der Waals surface area contributed by atoms with Crippen LogP contribution in [0.25, 0.3) is 0 Å². The molecule has 3 fully saturated rings. The fraction of sp³-hybridized carbons (Fsp3) is 0.294. The standard InChI is InChI=1S/C34H29Cl2N3O6/c1-38-31(43)33(35)17-25-22(28(34(33,36)32(38)44)24-16-21(45-2)12-15-26(24)40)13-14-23-27(25)30(42)39(29(23)41)20-10-8-19(9-11-20)37-18-6-4-3-5-7-18/h3-13,15-16,23,25,27-28,37,40H,14,17H2,1-2H3. The molecular weight excluding hydrogens is 617 g/mol. The van der Waals surface area contributed by atoms with E-state index in [1.807, 2.05) is 36.4 Å². The average Bonchev–Trinajstić information content (AvgIpc) is 3.37. The minimum absolute atomic E-state index is 0.131. The van der Waals surface area contributed by atoms with E-state index in [4.69, 9.17) is 27.9 Å². The Bertz CT molecular complexity index is 1800. The van der Waals surface area contributed by atoms with Crippen molar-refractivity contribution >= 4 is 63.9 Å². The van der Waals surface area contributed by atoms with Crippen LogP contribution in [0.15, 0.2) is 84.4 Å². The van der Waals surface area contributed by atoms with Crippen LogP contribution in [0.2, 0.25) is 0 Å². The van der Waals surface area contributed by atoms with Crippen molar-refractivity contribution in [2.24, 2.45) is 17.8 Å². The molecule has 2 aliphatic heterocycles. The van der Waals surface area contributed by atoms with Gasteiger partial charge in [-0.1, -0.05) is 29.8 Å². The molecule has 2 N–H and O–H groups in total. The number of alkyl halides is 2. The largest absolute Gasteiger partial charge is 0.508 e. The number of benzene rings is 3. The van der Waals surface area contributed by atoms with Gasteiger partial charge in [0.2, 0.25) is 11.8 Å². The van der Waals surface area contributed by atoms with Crippen molar-refractivity contribution in [2.45, 2.75) is 28.5 Å². The molecule has 7 rings (SSSR count). The van der Waals surface area contributed by atoms with E-state index in [9.17, 15) is 24.3 Å². The van der Waals surface area contributed by atoms with Gasteiger partial charge in [0.1, 0.15) is 11.5 Å². The van der Waals surface area contributed by atoms with Gasteiger partial charge in [0.15, 0.2) is 9.75 Å².